The van der Waals surface area contributed by atoms with Gasteiger partial charge in [-0.3, -0.25) is 0 Å². The summed E-state index contributed by atoms with van der Waals surface area (Å²) >= 11 is 5.14. The van der Waals surface area contributed by atoms with Crippen LogP contribution in [0.15, 0.2) is 68.7 Å². The molecule has 3 heteroatoms. The molecule has 3 aromatic rings. The molecule has 0 unspecified atom stereocenters. The van der Waals surface area contributed by atoms with Crippen LogP contribution < -0.4 is 0 Å². The fraction of sp³-hybridized carbons (Fsp3) is 0. The Morgan fingerprint density at radius 3 is 0.600 bits per heavy atom. The van der Waals surface area contributed by atoms with Gasteiger partial charge in [-0.05, 0) is 32.3 Å². The maximum atomic E-state index is 2.04. The molecule has 78 valence electrons. The molecule has 0 bridgehead atoms. The van der Waals surface area contributed by atoms with Crippen molar-refractivity contribution >= 4 is 34.0 Å². The number of thiophene rings is 3. The van der Waals surface area contributed by atoms with E-state index in [2.05, 4.69) is 0 Å². The van der Waals surface area contributed by atoms with Gasteiger partial charge < -0.3 is 0 Å². The molecule has 0 aliphatic heterocycles. The van der Waals surface area contributed by atoms with Gasteiger partial charge in [0.25, 0.3) is 0 Å². The molecule has 0 saturated heterocycles. The van der Waals surface area contributed by atoms with Gasteiger partial charge in [-0.1, -0.05) is 36.4 Å². The van der Waals surface area contributed by atoms with E-state index in [-0.39, 0.29) is 0 Å². The van der Waals surface area contributed by atoms with Gasteiger partial charge in [-0.2, -0.15) is 34.0 Å². The molecule has 0 amide bonds. The number of hydrogen-bond acceptors (Lipinski definition) is 3. The van der Waals surface area contributed by atoms with Gasteiger partial charge in [0.15, 0.2) is 0 Å². The Kier molecular flexibility index (Phi) is 7.83. The maximum Gasteiger partial charge on any atom is -0.00934 e. The third kappa shape index (κ3) is 8.12. The van der Waals surface area contributed by atoms with E-state index in [9.17, 15) is 0 Å². The summed E-state index contributed by atoms with van der Waals surface area (Å²) in [5.74, 6) is 0. The van der Waals surface area contributed by atoms with E-state index in [1.165, 1.54) is 0 Å². The summed E-state index contributed by atoms with van der Waals surface area (Å²) in [6.45, 7) is 0. The van der Waals surface area contributed by atoms with Crippen LogP contribution in [-0.4, -0.2) is 0 Å². The quantitative estimate of drug-likeness (QED) is 0.513. The molecular formula is C12H12S3. The van der Waals surface area contributed by atoms with Gasteiger partial charge in [-0.25, -0.2) is 0 Å². The largest absolute Gasteiger partial charge is 0.152 e. The van der Waals surface area contributed by atoms with Crippen LogP contribution in [0.5, 0.6) is 0 Å². The number of rotatable bonds is 0. The van der Waals surface area contributed by atoms with E-state index < -0.39 is 0 Å². The Labute approximate surface area is 102 Å². The topological polar surface area (TPSA) is 0 Å². The Hall–Kier alpha value is -0.900. The van der Waals surface area contributed by atoms with Crippen LogP contribution >= 0.6 is 34.0 Å². The Morgan fingerprint density at radius 2 is 0.533 bits per heavy atom. The molecule has 0 atom stereocenters. The molecule has 0 nitrogen and oxygen atoms in total. The standard InChI is InChI=1S/3C4H4S/c3*1-2-4-5-3-1/h3*1-4H. The lowest BCUT2D eigenvalue weighted by atomic mass is 10.7. The first-order chi connectivity index (χ1) is 7.50. The lowest BCUT2D eigenvalue weighted by Gasteiger charge is -1.39. The summed E-state index contributed by atoms with van der Waals surface area (Å²) in [7, 11) is 0. The second kappa shape index (κ2) is 9.65. The van der Waals surface area contributed by atoms with Crippen molar-refractivity contribution in [2.45, 2.75) is 0 Å². The monoisotopic (exact) mass is 252 g/mol. The van der Waals surface area contributed by atoms with Crippen molar-refractivity contribution in [3.8, 4) is 0 Å². The van der Waals surface area contributed by atoms with Crippen molar-refractivity contribution in [1.29, 1.82) is 0 Å². The molecule has 0 aliphatic rings. The highest BCUT2D eigenvalue weighted by atomic mass is 32.1. The normalized spacial score (nSPS) is 8.00. The van der Waals surface area contributed by atoms with E-state index in [1.807, 2.05) is 68.7 Å². The highest BCUT2D eigenvalue weighted by Gasteiger charge is 1.59. The van der Waals surface area contributed by atoms with E-state index in [4.69, 9.17) is 0 Å². The minimum Gasteiger partial charge on any atom is -0.152 e. The van der Waals surface area contributed by atoms with Crippen molar-refractivity contribution in [1.82, 2.24) is 0 Å². The van der Waals surface area contributed by atoms with Gasteiger partial charge in [-0.15, -0.1) is 0 Å². The van der Waals surface area contributed by atoms with Gasteiger partial charge in [0.2, 0.25) is 0 Å². The van der Waals surface area contributed by atoms with Gasteiger partial charge in [0.1, 0.15) is 0 Å². The van der Waals surface area contributed by atoms with Crippen LogP contribution in [0.1, 0.15) is 0 Å². The molecule has 3 aromatic heterocycles. The van der Waals surface area contributed by atoms with Crippen LogP contribution in [0.3, 0.4) is 0 Å². The smallest absolute Gasteiger partial charge is 0.00934 e. The Balaban J connectivity index is 0.000000112. The van der Waals surface area contributed by atoms with Crippen LogP contribution in [-0.2, 0) is 0 Å². The summed E-state index contributed by atoms with van der Waals surface area (Å²) in [5.41, 5.74) is 0. The molecule has 0 N–H and O–H groups in total. The van der Waals surface area contributed by atoms with E-state index in [0.717, 1.165) is 0 Å². The molecule has 0 aromatic carbocycles. The minimum absolute atomic E-state index is 1.71. The molecule has 3 rings (SSSR count). The fourth-order valence-corrected chi connectivity index (χ4v) is 2.04. The lowest BCUT2D eigenvalue weighted by Crippen LogP contribution is -1.16. The minimum atomic E-state index is 1.71. The number of hydrogen-bond donors (Lipinski definition) is 0. The lowest BCUT2D eigenvalue weighted by molar-refractivity contribution is 2.03. The summed E-state index contributed by atoms with van der Waals surface area (Å²) < 4.78 is 0. The summed E-state index contributed by atoms with van der Waals surface area (Å²) in [6.07, 6.45) is 0. The summed E-state index contributed by atoms with van der Waals surface area (Å²) in [4.78, 5) is 0. The van der Waals surface area contributed by atoms with Crippen molar-refractivity contribution in [3.63, 3.8) is 0 Å². The van der Waals surface area contributed by atoms with Crippen molar-refractivity contribution in [2.75, 3.05) is 0 Å². The molecule has 0 aliphatic carbocycles. The second-order valence-corrected chi connectivity index (χ2v) is 4.83. The molecule has 15 heavy (non-hydrogen) atoms. The van der Waals surface area contributed by atoms with Gasteiger partial charge in [0, 0.05) is 0 Å². The Morgan fingerprint density at radius 1 is 0.333 bits per heavy atom. The van der Waals surface area contributed by atoms with E-state index in [0.29, 0.717) is 0 Å². The SMILES string of the molecule is c1ccsc1.c1ccsc1.c1ccsc1. The zero-order valence-electron chi connectivity index (χ0n) is 8.15. The van der Waals surface area contributed by atoms with E-state index in [1.54, 1.807) is 34.0 Å². The van der Waals surface area contributed by atoms with E-state index >= 15 is 0 Å². The van der Waals surface area contributed by atoms with Gasteiger partial charge in [0.05, 0.1) is 0 Å². The van der Waals surface area contributed by atoms with Crippen LogP contribution in [0.2, 0.25) is 0 Å². The molecule has 3 heterocycles. The van der Waals surface area contributed by atoms with Crippen molar-refractivity contribution < 1.29 is 0 Å². The Bertz CT molecular complexity index is 243. The highest BCUT2D eigenvalue weighted by molar-refractivity contribution is 7.08. The molecular weight excluding hydrogens is 240 g/mol. The highest BCUT2D eigenvalue weighted by Crippen LogP contribution is 1.92. The zero-order valence-corrected chi connectivity index (χ0v) is 10.6. The first kappa shape index (κ1) is 12.2. The summed E-state index contributed by atoms with van der Waals surface area (Å²) in [5, 5.41) is 12.2. The average Bonchev–Trinajstić information content (AvgIpc) is 3.09. The molecule has 0 radical (unpaired) electrons. The van der Waals surface area contributed by atoms with Crippen LogP contribution in [0.25, 0.3) is 0 Å². The first-order valence-electron chi connectivity index (χ1n) is 4.41. The molecule has 0 fully saturated rings. The predicted octanol–water partition coefficient (Wildman–Crippen LogP) is 5.24. The maximum absolute atomic E-state index is 2.04. The second-order valence-electron chi connectivity index (χ2n) is 2.38. The third-order valence-electron chi connectivity index (χ3n) is 1.28. The average molecular weight is 252 g/mol. The summed E-state index contributed by atoms with van der Waals surface area (Å²) in [6, 6.07) is 12.1. The fourth-order valence-electron chi connectivity index (χ4n) is 0.680. The third-order valence-corrected chi connectivity index (χ3v) is 3.16. The van der Waals surface area contributed by atoms with Crippen LogP contribution in [0.4, 0.5) is 0 Å². The molecule has 0 saturated carbocycles. The predicted molar refractivity (Wildman–Crippen MR) is 73.0 cm³/mol. The molecule has 0 spiro atoms. The van der Waals surface area contributed by atoms with Gasteiger partial charge >= 0.3 is 0 Å². The zero-order chi connectivity index (χ0) is 10.6. The van der Waals surface area contributed by atoms with Crippen LogP contribution in [0, 0.1) is 0 Å². The first-order valence-corrected chi connectivity index (χ1v) is 7.24. The van der Waals surface area contributed by atoms with Crippen molar-refractivity contribution in [3.05, 3.63) is 68.7 Å². The van der Waals surface area contributed by atoms with Crippen molar-refractivity contribution in [2.24, 2.45) is 0 Å².